The molecule has 1 heterocycles. The maximum Gasteiger partial charge on any atom is 0.223 e. The van der Waals surface area contributed by atoms with Gasteiger partial charge in [-0.3, -0.25) is 4.79 Å². The van der Waals surface area contributed by atoms with Crippen LogP contribution in [0.5, 0.6) is 0 Å². The molecule has 0 spiro atoms. The van der Waals surface area contributed by atoms with E-state index in [0.717, 1.165) is 0 Å². The molecule has 5 nitrogen and oxygen atoms in total. The van der Waals surface area contributed by atoms with Crippen LogP contribution in [-0.2, 0) is 11.3 Å². The van der Waals surface area contributed by atoms with Gasteiger partial charge in [-0.15, -0.1) is 0 Å². The van der Waals surface area contributed by atoms with E-state index in [2.05, 4.69) is 10.3 Å². The molecule has 0 unspecified atom stereocenters. The van der Waals surface area contributed by atoms with Crippen LogP contribution < -0.4 is 5.32 Å². The first-order valence-electron chi connectivity index (χ1n) is 7.36. The molecule has 2 aromatic rings. The fraction of sp³-hybridized carbons (Fsp3) is 0.375. The van der Waals surface area contributed by atoms with Crippen molar-refractivity contribution in [2.24, 2.45) is 5.92 Å². The minimum absolute atomic E-state index is 0.0735. The predicted molar refractivity (Wildman–Crippen MR) is 78.7 cm³/mol. The molecule has 0 saturated heterocycles. The lowest BCUT2D eigenvalue weighted by Gasteiger charge is -2.11. The van der Waals surface area contributed by atoms with Gasteiger partial charge in [0.15, 0.2) is 0 Å². The molecule has 1 aromatic heterocycles. The molecule has 0 bridgehead atoms. The SMILES string of the molecule is O=C(NCc1ccc(-n2ccnc2)c(F)c1)[C@@H]1CC[C@@H](O)C1. The van der Waals surface area contributed by atoms with Gasteiger partial charge >= 0.3 is 0 Å². The molecule has 1 aromatic carbocycles. The molecule has 2 N–H and O–H groups in total. The number of aliphatic hydroxyl groups excluding tert-OH is 1. The average Bonchev–Trinajstić information content (AvgIpc) is 3.16. The van der Waals surface area contributed by atoms with E-state index in [4.69, 9.17) is 0 Å². The van der Waals surface area contributed by atoms with Crippen molar-refractivity contribution >= 4 is 5.91 Å². The Morgan fingerprint density at radius 2 is 2.32 bits per heavy atom. The summed E-state index contributed by atoms with van der Waals surface area (Å²) in [5.74, 6) is -0.568. The summed E-state index contributed by atoms with van der Waals surface area (Å²) in [4.78, 5) is 15.9. The fourth-order valence-corrected chi connectivity index (χ4v) is 2.80. The van der Waals surface area contributed by atoms with Crippen LogP contribution in [-0.4, -0.2) is 26.7 Å². The van der Waals surface area contributed by atoms with E-state index < -0.39 is 0 Å². The zero-order valence-electron chi connectivity index (χ0n) is 12.1. The molecule has 1 aliphatic rings. The molecule has 1 saturated carbocycles. The van der Waals surface area contributed by atoms with Gasteiger partial charge in [0.25, 0.3) is 0 Å². The van der Waals surface area contributed by atoms with Crippen LogP contribution in [0.3, 0.4) is 0 Å². The van der Waals surface area contributed by atoms with Gasteiger partial charge in [-0.1, -0.05) is 6.07 Å². The van der Waals surface area contributed by atoms with Crippen LogP contribution in [0.15, 0.2) is 36.9 Å². The van der Waals surface area contributed by atoms with E-state index in [0.29, 0.717) is 30.5 Å². The minimum Gasteiger partial charge on any atom is -0.393 e. The molecule has 0 aliphatic heterocycles. The molecule has 3 rings (SSSR count). The highest BCUT2D eigenvalue weighted by Crippen LogP contribution is 2.25. The van der Waals surface area contributed by atoms with Gasteiger partial charge in [-0.2, -0.15) is 0 Å². The number of halogens is 1. The van der Waals surface area contributed by atoms with Crippen molar-refractivity contribution in [2.75, 3.05) is 0 Å². The minimum atomic E-state index is -0.373. The van der Waals surface area contributed by atoms with Crippen molar-refractivity contribution in [2.45, 2.75) is 31.9 Å². The van der Waals surface area contributed by atoms with Crippen LogP contribution >= 0.6 is 0 Å². The Kier molecular flexibility index (Phi) is 4.20. The Morgan fingerprint density at radius 1 is 1.45 bits per heavy atom. The Morgan fingerprint density at radius 3 is 2.95 bits per heavy atom. The Labute approximate surface area is 127 Å². The molecule has 1 aliphatic carbocycles. The summed E-state index contributed by atoms with van der Waals surface area (Å²) in [6.45, 7) is 0.284. The second kappa shape index (κ2) is 6.27. The Bertz CT molecular complexity index is 657. The summed E-state index contributed by atoms with van der Waals surface area (Å²) >= 11 is 0. The molecule has 1 fully saturated rings. The quantitative estimate of drug-likeness (QED) is 0.905. The van der Waals surface area contributed by atoms with Gasteiger partial charge in [-0.25, -0.2) is 9.37 Å². The van der Waals surface area contributed by atoms with Crippen molar-refractivity contribution in [1.82, 2.24) is 14.9 Å². The first kappa shape index (κ1) is 14.7. The van der Waals surface area contributed by atoms with E-state index in [1.54, 1.807) is 29.1 Å². The molecule has 1 amide bonds. The second-order valence-corrected chi connectivity index (χ2v) is 5.64. The van der Waals surface area contributed by atoms with Crippen LogP contribution in [0.1, 0.15) is 24.8 Å². The van der Waals surface area contributed by atoms with Crippen LogP contribution in [0.2, 0.25) is 0 Å². The van der Waals surface area contributed by atoms with Gasteiger partial charge < -0.3 is 15.0 Å². The van der Waals surface area contributed by atoms with Gasteiger partial charge in [0.1, 0.15) is 5.82 Å². The molecule has 116 valence electrons. The zero-order chi connectivity index (χ0) is 15.5. The Hall–Kier alpha value is -2.21. The van der Waals surface area contributed by atoms with Crippen molar-refractivity contribution < 1.29 is 14.3 Å². The highest BCUT2D eigenvalue weighted by molar-refractivity contribution is 5.78. The third-order valence-electron chi connectivity index (χ3n) is 4.04. The number of hydrogen-bond donors (Lipinski definition) is 2. The van der Waals surface area contributed by atoms with Crippen LogP contribution in [0.25, 0.3) is 5.69 Å². The van der Waals surface area contributed by atoms with E-state index in [1.807, 2.05) is 0 Å². The highest BCUT2D eigenvalue weighted by Gasteiger charge is 2.28. The third-order valence-corrected chi connectivity index (χ3v) is 4.04. The topological polar surface area (TPSA) is 67.2 Å². The van der Waals surface area contributed by atoms with Crippen molar-refractivity contribution in [3.8, 4) is 5.69 Å². The maximum absolute atomic E-state index is 14.1. The number of aliphatic hydroxyl groups is 1. The molecule has 0 radical (unpaired) electrons. The first-order valence-corrected chi connectivity index (χ1v) is 7.36. The number of rotatable bonds is 4. The van der Waals surface area contributed by atoms with Gasteiger partial charge in [0, 0.05) is 24.9 Å². The maximum atomic E-state index is 14.1. The fourth-order valence-electron chi connectivity index (χ4n) is 2.80. The number of imidazole rings is 1. The lowest BCUT2D eigenvalue weighted by Crippen LogP contribution is -2.29. The molecule has 2 atom stereocenters. The number of carbonyl (C=O) groups is 1. The molecule has 6 heteroatoms. The monoisotopic (exact) mass is 303 g/mol. The molecule has 22 heavy (non-hydrogen) atoms. The number of nitrogens with zero attached hydrogens (tertiary/aromatic N) is 2. The Balaban J connectivity index is 1.61. The molecular weight excluding hydrogens is 285 g/mol. The second-order valence-electron chi connectivity index (χ2n) is 5.64. The summed E-state index contributed by atoms with van der Waals surface area (Å²) in [5.41, 5.74) is 1.12. The van der Waals surface area contributed by atoms with E-state index in [1.165, 1.54) is 12.4 Å². The summed E-state index contributed by atoms with van der Waals surface area (Å²) in [7, 11) is 0. The predicted octanol–water partition coefficient (Wildman–Crippen LogP) is 1.79. The standard InChI is InChI=1S/C16H18FN3O2/c17-14-7-11(1-4-15(14)20-6-5-18-10-20)9-19-16(22)12-2-3-13(21)8-12/h1,4-7,10,12-13,21H,2-3,8-9H2,(H,19,22)/t12-,13-/m1/s1. The molecular formula is C16H18FN3O2. The summed E-state index contributed by atoms with van der Waals surface area (Å²) in [5, 5.41) is 12.3. The van der Waals surface area contributed by atoms with Gasteiger partial charge in [0.2, 0.25) is 5.91 Å². The van der Waals surface area contributed by atoms with Crippen LogP contribution in [0, 0.1) is 11.7 Å². The van der Waals surface area contributed by atoms with Crippen molar-refractivity contribution in [3.05, 3.63) is 48.3 Å². The zero-order valence-corrected chi connectivity index (χ0v) is 12.1. The van der Waals surface area contributed by atoms with Gasteiger partial charge in [0.05, 0.1) is 18.1 Å². The number of carbonyl (C=O) groups excluding carboxylic acids is 1. The highest BCUT2D eigenvalue weighted by atomic mass is 19.1. The number of nitrogens with one attached hydrogen (secondary N) is 1. The van der Waals surface area contributed by atoms with E-state index in [9.17, 15) is 14.3 Å². The number of amides is 1. The van der Waals surface area contributed by atoms with E-state index in [-0.39, 0.29) is 30.3 Å². The largest absolute Gasteiger partial charge is 0.393 e. The van der Waals surface area contributed by atoms with Crippen molar-refractivity contribution in [1.29, 1.82) is 0 Å². The number of benzene rings is 1. The lowest BCUT2D eigenvalue weighted by atomic mass is 10.1. The normalized spacial score (nSPS) is 21.0. The average molecular weight is 303 g/mol. The van der Waals surface area contributed by atoms with E-state index >= 15 is 0 Å². The number of aromatic nitrogens is 2. The number of hydrogen-bond acceptors (Lipinski definition) is 3. The lowest BCUT2D eigenvalue weighted by molar-refractivity contribution is -0.125. The summed E-state index contributed by atoms with van der Waals surface area (Å²) in [6, 6.07) is 4.86. The smallest absolute Gasteiger partial charge is 0.223 e. The first-order chi connectivity index (χ1) is 10.6. The van der Waals surface area contributed by atoms with Crippen molar-refractivity contribution in [3.63, 3.8) is 0 Å². The third kappa shape index (κ3) is 3.17. The van der Waals surface area contributed by atoms with Gasteiger partial charge in [-0.05, 0) is 37.0 Å². The summed E-state index contributed by atoms with van der Waals surface area (Å²) < 4.78 is 15.7. The van der Waals surface area contributed by atoms with Crippen LogP contribution in [0.4, 0.5) is 4.39 Å². The summed E-state index contributed by atoms with van der Waals surface area (Å²) in [6.07, 6.45) is 6.32.